The van der Waals surface area contributed by atoms with Gasteiger partial charge in [0.05, 0.1) is 0 Å². The van der Waals surface area contributed by atoms with Gasteiger partial charge in [0.2, 0.25) is 0 Å². The maximum atomic E-state index is 12.6. The highest BCUT2D eigenvalue weighted by Crippen LogP contribution is 2.29. The third-order valence-electron chi connectivity index (χ3n) is 5.03. The monoisotopic (exact) mass is 371 g/mol. The summed E-state index contributed by atoms with van der Waals surface area (Å²) in [7, 11) is 0. The first kappa shape index (κ1) is 17.8. The van der Waals surface area contributed by atoms with Gasteiger partial charge in [-0.2, -0.15) is 0 Å². The maximum absolute atomic E-state index is 12.6. The van der Waals surface area contributed by atoms with E-state index in [0.29, 0.717) is 0 Å². The van der Waals surface area contributed by atoms with E-state index in [1.165, 1.54) is 11.6 Å². The van der Waals surface area contributed by atoms with Crippen molar-refractivity contribution in [1.29, 1.82) is 0 Å². The summed E-state index contributed by atoms with van der Waals surface area (Å²) in [6.07, 6.45) is 3.32. The molecule has 0 atom stereocenters. The Balaban J connectivity index is 1.80. The summed E-state index contributed by atoms with van der Waals surface area (Å²) in [5.74, 6) is -0.329. The molecule has 1 saturated heterocycles. The lowest BCUT2D eigenvalue weighted by Crippen LogP contribution is -2.30. The second-order valence-electron chi connectivity index (χ2n) is 6.78. The Bertz CT molecular complexity index is 1110. The molecule has 0 bridgehead atoms. The average Bonchev–Trinajstić information content (AvgIpc) is 3.12. The number of carbonyl (C=O) groups excluding carboxylic acids is 2. The fourth-order valence-electron chi connectivity index (χ4n) is 3.62. The SMILES string of the molecule is C=CCN1C(=O)N/C(=C/c2c(C)n(Cc3ccccc3)c3ccccc23)C1=O. The van der Waals surface area contributed by atoms with Crippen molar-refractivity contribution in [3.05, 3.63) is 89.8 Å². The van der Waals surface area contributed by atoms with Crippen molar-refractivity contribution in [1.82, 2.24) is 14.8 Å². The fourth-order valence-corrected chi connectivity index (χ4v) is 3.62. The number of amides is 3. The molecule has 1 fully saturated rings. The number of hydrogen-bond acceptors (Lipinski definition) is 2. The van der Waals surface area contributed by atoms with Gasteiger partial charge in [-0.25, -0.2) is 4.79 Å². The first-order valence-corrected chi connectivity index (χ1v) is 9.17. The van der Waals surface area contributed by atoms with Crippen LogP contribution in [0.2, 0.25) is 0 Å². The van der Waals surface area contributed by atoms with E-state index in [1.54, 1.807) is 6.08 Å². The smallest absolute Gasteiger partial charge is 0.329 e. The average molecular weight is 371 g/mol. The molecular formula is C23H21N3O2. The highest BCUT2D eigenvalue weighted by molar-refractivity contribution is 6.14. The number of nitrogens with zero attached hydrogens (tertiary/aromatic N) is 2. The number of urea groups is 1. The van der Waals surface area contributed by atoms with Crippen molar-refractivity contribution < 1.29 is 9.59 Å². The molecule has 0 aliphatic carbocycles. The minimum atomic E-state index is -0.415. The molecule has 28 heavy (non-hydrogen) atoms. The van der Waals surface area contributed by atoms with E-state index >= 15 is 0 Å². The van der Waals surface area contributed by atoms with Crippen LogP contribution in [-0.4, -0.2) is 28.0 Å². The van der Waals surface area contributed by atoms with Gasteiger partial charge in [0.15, 0.2) is 0 Å². The molecule has 1 aliphatic heterocycles. The molecule has 140 valence electrons. The molecule has 4 rings (SSSR count). The molecule has 5 heteroatoms. The summed E-state index contributed by atoms with van der Waals surface area (Å²) in [5, 5.41) is 3.73. The van der Waals surface area contributed by atoms with E-state index in [0.717, 1.165) is 33.6 Å². The second kappa shape index (κ2) is 7.19. The van der Waals surface area contributed by atoms with Crippen LogP contribution in [0.5, 0.6) is 0 Å². The van der Waals surface area contributed by atoms with Crippen LogP contribution in [0.3, 0.4) is 0 Å². The van der Waals surface area contributed by atoms with E-state index < -0.39 is 6.03 Å². The number of imide groups is 1. The number of benzene rings is 2. The van der Waals surface area contributed by atoms with Crippen LogP contribution in [0.15, 0.2) is 72.9 Å². The molecule has 2 heterocycles. The van der Waals surface area contributed by atoms with Gasteiger partial charge in [-0.3, -0.25) is 9.69 Å². The van der Waals surface area contributed by atoms with Crippen molar-refractivity contribution in [2.75, 3.05) is 6.54 Å². The minimum Gasteiger partial charge on any atom is -0.340 e. The molecule has 1 aliphatic rings. The standard InChI is InChI=1S/C23H21N3O2/c1-3-13-25-22(27)20(24-23(25)28)14-19-16(2)26(15-17-9-5-4-6-10-17)21-12-8-7-11-18(19)21/h3-12,14H,1,13,15H2,2H3,(H,24,28)/b20-14+. The number of nitrogens with one attached hydrogen (secondary N) is 1. The number of hydrogen-bond donors (Lipinski definition) is 1. The number of aromatic nitrogens is 1. The maximum Gasteiger partial charge on any atom is 0.329 e. The highest BCUT2D eigenvalue weighted by Gasteiger charge is 2.32. The predicted octanol–water partition coefficient (Wildman–Crippen LogP) is 4.08. The lowest BCUT2D eigenvalue weighted by molar-refractivity contribution is -0.122. The van der Waals surface area contributed by atoms with E-state index in [4.69, 9.17) is 0 Å². The highest BCUT2D eigenvalue weighted by atomic mass is 16.2. The predicted molar refractivity (Wildman–Crippen MR) is 111 cm³/mol. The zero-order valence-electron chi connectivity index (χ0n) is 15.7. The molecule has 1 N–H and O–H groups in total. The Hall–Kier alpha value is -3.60. The van der Waals surface area contributed by atoms with Gasteiger partial charge in [-0.1, -0.05) is 54.6 Å². The molecule has 0 unspecified atom stereocenters. The van der Waals surface area contributed by atoms with Crippen LogP contribution in [0.1, 0.15) is 16.8 Å². The molecule has 0 saturated carbocycles. The van der Waals surface area contributed by atoms with Crippen molar-refractivity contribution in [3.63, 3.8) is 0 Å². The first-order valence-electron chi connectivity index (χ1n) is 9.17. The van der Waals surface area contributed by atoms with Crippen molar-refractivity contribution in [2.24, 2.45) is 0 Å². The van der Waals surface area contributed by atoms with E-state index in [2.05, 4.69) is 34.7 Å². The van der Waals surface area contributed by atoms with Gasteiger partial charge in [-0.05, 0) is 24.6 Å². The fraction of sp³-hybridized carbons (Fsp3) is 0.130. The Morgan fingerprint density at radius 2 is 1.75 bits per heavy atom. The normalized spacial score (nSPS) is 15.5. The van der Waals surface area contributed by atoms with Gasteiger partial charge in [0.1, 0.15) is 5.70 Å². The van der Waals surface area contributed by atoms with E-state index in [1.807, 2.05) is 43.3 Å². The third-order valence-corrected chi connectivity index (χ3v) is 5.03. The van der Waals surface area contributed by atoms with Crippen LogP contribution in [-0.2, 0) is 11.3 Å². The number of para-hydroxylation sites is 1. The molecular weight excluding hydrogens is 350 g/mol. The number of rotatable bonds is 5. The Kier molecular flexibility index (Phi) is 4.57. The van der Waals surface area contributed by atoms with Gasteiger partial charge in [-0.15, -0.1) is 6.58 Å². The number of fused-ring (bicyclic) bond motifs is 1. The summed E-state index contributed by atoms with van der Waals surface area (Å²) in [6, 6.07) is 17.9. The van der Waals surface area contributed by atoms with Crippen molar-refractivity contribution >= 4 is 28.9 Å². The second-order valence-corrected chi connectivity index (χ2v) is 6.78. The van der Waals surface area contributed by atoms with E-state index in [-0.39, 0.29) is 18.1 Å². The Labute approximate surface area is 163 Å². The van der Waals surface area contributed by atoms with Crippen LogP contribution in [0.4, 0.5) is 4.79 Å². The van der Waals surface area contributed by atoms with Gasteiger partial charge in [0, 0.05) is 35.2 Å². The summed E-state index contributed by atoms with van der Waals surface area (Å²) < 4.78 is 2.24. The van der Waals surface area contributed by atoms with Crippen LogP contribution < -0.4 is 5.32 Å². The summed E-state index contributed by atoms with van der Waals surface area (Å²) in [6.45, 7) is 6.57. The van der Waals surface area contributed by atoms with Crippen LogP contribution in [0, 0.1) is 6.92 Å². The summed E-state index contributed by atoms with van der Waals surface area (Å²) in [4.78, 5) is 25.8. The van der Waals surface area contributed by atoms with E-state index in [9.17, 15) is 9.59 Å². The first-order chi connectivity index (χ1) is 13.6. The largest absolute Gasteiger partial charge is 0.340 e. The third kappa shape index (κ3) is 3.01. The number of carbonyl (C=O) groups is 2. The molecule has 5 nitrogen and oxygen atoms in total. The van der Waals surface area contributed by atoms with Crippen LogP contribution in [0.25, 0.3) is 17.0 Å². The van der Waals surface area contributed by atoms with Gasteiger partial charge < -0.3 is 9.88 Å². The lowest BCUT2D eigenvalue weighted by atomic mass is 10.1. The quantitative estimate of drug-likeness (QED) is 0.417. The molecule has 0 spiro atoms. The molecule has 2 aromatic carbocycles. The zero-order valence-corrected chi connectivity index (χ0v) is 15.7. The topological polar surface area (TPSA) is 54.3 Å². The zero-order chi connectivity index (χ0) is 19.7. The molecule has 0 radical (unpaired) electrons. The van der Waals surface area contributed by atoms with Crippen molar-refractivity contribution in [2.45, 2.75) is 13.5 Å². The minimum absolute atomic E-state index is 0.191. The Morgan fingerprint density at radius 1 is 1.04 bits per heavy atom. The van der Waals surface area contributed by atoms with Gasteiger partial charge in [0.25, 0.3) is 5.91 Å². The Morgan fingerprint density at radius 3 is 2.50 bits per heavy atom. The lowest BCUT2D eigenvalue weighted by Gasteiger charge is -2.09. The molecule has 3 aromatic rings. The molecule has 1 aromatic heterocycles. The van der Waals surface area contributed by atoms with Crippen LogP contribution >= 0.6 is 0 Å². The molecule has 3 amide bonds. The van der Waals surface area contributed by atoms with Crippen molar-refractivity contribution in [3.8, 4) is 0 Å². The van der Waals surface area contributed by atoms with Gasteiger partial charge >= 0.3 is 6.03 Å². The summed E-state index contributed by atoms with van der Waals surface area (Å²) >= 11 is 0. The summed E-state index contributed by atoms with van der Waals surface area (Å²) in [5.41, 5.74) is 4.57.